The van der Waals surface area contributed by atoms with E-state index < -0.39 is 0 Å². The molecule has 1 nitrogen and oxygen atoms in total. The topological polar surface area (TPSA) is 17.1 Å². The van der Waals surface area contributed by atoms with Crippen molar-refractivity contribution in [1.82, 2.24) is 0 Å². The van der Waals surface area contributed by atoms with Gasteiger partial charge in [-0.1, -0.05) is 17.7 Å². The summed E-state index contributed by atoms with van der Waals surface area (Å²) >= 11 is 5.74. The normalized spacial score (nSPS) is 13.2. The third-order valence-corrected chi connectivity index (χ3v) is 2.23. The fourth-order valence-electron chi connectivity index (χ4n) is 1.41. The summed E-state index contributed by atoms with van der Waals surface area (Å²) in [6.07, 6.45) is 1.53. The van der Waals surface area contributed by atoms with Crippen LogP contribution in [0.4, 0.5) is 0 Å². The average molecular weight is 195 g/mol. The lowest BCUT2D eigenvalue weighted by Gasteiger charge is -1.95. The molecule has 0 saturated carbocycles. The zero-order valence-corrected chi connectivity index (χ0v) is 8.10. The minimum Gasteiger partial charge on any atom is -0.294 e. The second kappa shape index (κ2) is 4.24. The van der Waals surface area contributed by atoms with Crippen LogP contribution in [0.5, 0.6) is 0 Å². The first-order chi connectivity index (χ1) is 6.27. The third-order valence-electron chi connectivity index (χ3n) is 1.99. The van der Waals surface area contributed by atoms with E-state index in [1.807, 2.05) is 12.1 Å². The molecule has 0 unspecified atom stereocenters. The first-order valence-electron chi connectivity index (χ1n) is 4.09. The van der Waals surface area contributed by atoms with Crippen molar-refractivity contribution in [3.05, 3.63) is 47.5 Å². The van der Waals surface area contributed by atoms with E-state index in [0.29, 0.717) is 11.4 Å². The lowest BCUT2D eigenvalue weighted by Crippen LogP contribution is -1.89. The van der Waals surface area contributed by atoms with Crippen molar-refractivity contribution < 1.29 is 4.79 Å². The van der Waals surface area contributed by atoms with Gasteiger partial charge in [0.2, 0.25) is 0 Å². The van der Waals surface area contributed by atoms with Gasteiger partial charge in [-0.2, -0.15) is 0 Å². The molecule has 0 N–H and O–H groups in total. The molecule has 68 valence electrons. The second-order valence-electron chi connectivity index (χ2n) is 2.72. The minimum absolute atomic E-state index is 0.225. The Kier molecular flexibility index (Phi) is 3.26. The molecule has 0 aromatic heterocycles. The first kappa shape index (κ1) is 10.0. The molecule has 0 fully saturated rings. The molecule has 0 heterocycles. The Bertz CT molecular complexity index is 331. The predicted molar refractivity (Wildman–Crippen MR) is 55.4 cm³/mol. The average Bonchev–Trinajstić information content (AvgIpc) is 2.52. The molecular formula is C11H11ClO. The van der Waals surface area contributed by atoms with Crippen LogP contribution < -0.4 is 0 Å². The van der Waals surface area contributed by atoms with Crippen LogP contribution in [0.2, 0.25) is 5.02 Å². The number of fused-ring (bicyclic) bond motifs is 1. The molecule has 0 aliphatic heterocycles. The molecule has 0 radical (unpaired) electrons. The minimum atomic E-state index is 0.225. The summed E-state index contributed by atoms with van der Waals surface area (Å²) in [5, 5.41) is 0.652. The Morgan fingerprint density at radius 2 is 1.92 bits per heavy atom. The van der Waals surface area contributed by atoms with Gasteiger partial charge in [0.1, 0.15) is 0 Å². The van der Waals surface area contributed by atoms with Crippen molar-refractivity contribution in [2.45, 2.75) is 12.8 Å². The summed E-state index contributed by atoms with van der Waals surface area (Å²) in [6, 6.07) is 5.52. The van der Waals surface area contributed by atoms with Crippen LogP contribution in [0, 0.1) is 0 Å². The number of ketones is 1. The highest BCUT2D eigenvalue weighted by Gasteiger charge is 2.18. The number of hydrogen-bond acceptors (Lipinski definition) is 1. The Morgan fingerprint density at radius 3 is 2.62 bits per heavy atom. The third kappa shape index (κ3) is 1.99. The van der Waals surface area contributed by atoms with Crippen LogP contribution >= 0.6 is 11.6 Å². The van der Waals surface area contributed by atoms with Crippen molar-refractivity contribution in [2.75, 3.05) is 0 Å². The summed E-state index contributed by atoms with van der Waals surface area (Å²) < 4.78 is 0. The molecular weight excluding hydrogens is 184 g/mol. The number of aryl methyl sites for hydroxylation is 1. The largest absolute Gasteiger partial charge is 0.294 e. The van der Waals surface area contributed by atoms with Gasteiger partial charge < -0.3 is 0 Å². The lowest BCUT2D eigenvalue weighted by atomic mass is 10.1. The Morgan fingerprint density at radius 1 is 1.23 bits per heavy atom. The summed E-state index contributed by atoms with van der Waals surface area (Å²) in [5.41, 5.74) is 1.96. The van der Waals surface area contributed by atoms with Gasteiger partial charge in [-0.05, 0) is 24.1 Å². The van der Waals surface area contributed by atoms with E-state index >= 15 is 0 Å². The van der Waals surface area contributed by atoms with E-state index in [0.717, 1.165) is 17.5 Å². The van der Waals surface area contributed by atoms with Gasteiger partial charge in [-0.15, -0.1) is 13.2 Å². The highest BCUT2D eigenvalue weighted by atomic mass is 35.5. The molecule has 1 aliphatic rings. The fourth-order valence-corrected chi connectivity index (χ4v) is 1.58. The number of carbonyl (C=O) groups is 1. The first-order valence-corrected chi connectivity index (χ1v) is 4.47. The van der Waals surface area contributed by atoms with Crippen LogP contribution in [0.3, 0.4) is 0 Å². The second-order valence-corrected chi connectivity index (χ2v) is 3.16. The molecule has 2 rings (SSSR count). The highest BCUT2D eigenvalue weighted by molar-refractivity contribution is 6.31. The summed E-state index contributed by atoms with van der Waals surface area (Å²) in [6.45, 7) is 6.00. The van der Waals surface area contributed by atoms with Crippen LogP contribution in [0.1, 0.15) is 22.3 Å². The Hall–Kier alpha value is -1.08. The van der Waals surface area contributed by atoms with E-state index in [2.05, 4.69) is 13.2 Å². The molecule has 0 spiro atoms. The van der Waals surface area contributed by atoms with Gasteiger partial charge in [-0.3, -0.25) is 4.79 Å². The van der Waals surface area contributed by atoms with Gasteiger partial charge in [0.05, 0.1) is 0 Å². The molecule has 1 aromatic rings. The lowest BCUT2D eigenvalue weighted by molar-refractivity contribution is 0.0994. The van der Waals surface area contributed by atoms with E-state index in [1.165, 1.54) is 0 Å². The van der Waals surface area contributed by atoms with Crippen molar-refractivity contribution >= 4 is 17.4 Å². The van der Waals surface area contributed by atoms with Crippen molar-refractivity contribution in [1.29, 1.82) is 0 Å². The molecule has 0 bridgehead atoms. The molecule has 13 heavy (non-hydrogen) atoms. The molecule has 0 atom stereocenters. The predicted octanol–water partition coefficient (Wildman–Crippen LogP) is 3.27. The smallest absolute Gasteiger partial charge is 0.163 e. The van der Waals surface area contributed by atoms with E-state index in [-0.39, 0.29) is 5.78 Å². The maximum atomic E-state index is 11.2. The fraction of sp³-hybridized carbons (Fsp3) is 0.182. The van der Waals surface area contributed by atoms with Crippen LogP contribution in [-0.4, -0.2) is 5.78 Å². The highest BCUT2D eigenvalue weighted by Crippen LogP contribution is 2.24. The molecule has 2 heteroatoms. The number of hydrogen-bond donors (Lipinski definition) is 0. The van der Waals surface area contributed by atoms with Crippen LogP contribution in [-0.2, 0) is 6.42 Å². The van der Waals surface area contributed by atoms with E-state index in [9.17, 15) is 4.79 Å². The van der Waals surface area contributed by atoms with E-state index in [1.54, 1.807) is 6.07 Å². The maximum Gasteiger partial charge on any atom is 0.163 e. The van der Waals surface area contributed by atoms with Gasteiger partial charge in [0.25, 0.3) is 0 Å². The number of benzene rings is 1. The number of halogens is 1. The van der Waals surface area contributed by atoms with Gasteiger partial charge in [0.15, 0.2) is 5.78 Å². The SMILES string of the molecule is C=C.O=C1CCc2ccc(Cl)cc21. The van der Waals surface area contributed by atoms with Gasteiger partial charge in [-0.25, -0.2) is 0 Å². The molecule has 1 aromatic carbocycles. The summed E-state index contributed by atoms with van der Waals surface area (Å²) in [4.78, 5) is 11.2. The maximum absolute atomic E-state index is 11.2. The van der Waals surface area contributed by atoms with Crippen molar-refractivity contribution in [3.8, 4) is 0 Å². The number of carbonyl (C=O) groups excluding carboxylic acids is 1. The van der Waals surface area contributed by atoms with Gasteiger partial charge in [0, 0.05) is 17.0 Å². The monoisotopic (exact) mass is 194 g/mol. The molecule has 0 saturated heterocycles. The van der Waals surface area contributed by atoms with Crippen LogP contribution in [0.15, 0.2) is 31.4 Å². The zero-order chi connectivity index (χ0) is 9.84. The van der Waals surface area contributed by atoms with E-state index in [4.69, 9.17) is 11.6 Å². The van der Waals surface area contributed by atoms with Crippen molar-refractivity contribution in [3.63, 3.8) is 0 Å². The molecule has 0 amide bonds. The quantitative estimate of drug-likeness (QED) is 0.580. The van der Waals surface area contributed by atoms with Gasteiger partial charge >= 0.3 is 0 Å². The molecule has 1 aliphatic carbocycles. The zero-order valence-electron chi connectivity index (χ0n) is 7.35. The number of Topliss-reactive ketones (excluding diaryl/α,β-unsaturated/α-hetero) is 1. The number of rotatable bonds is 0. The summed E-state index contributed by atoms with van der Waals surface area (Å²) in [5.74, 6) is 0.225. The standard InChI is InChI=1S/C9H7ClO.C2H4/c10-7-3-1-6-2-4-9(11)8(6)5-7;1-2/h1,3,5H,2,4H2;1-2H2. The van der Waals surface area contributed by atoms with Crippen molar-refractivity contribution in [2.24, 2.45) is 0 Å². The Labute approximate surface area is 83.0 Å². The van der Waals surface area contributed by atoms with Crippen LogP contribution in [0.25, 0.3) is 0 Å². The summed E-state index contributed by atoms with van der Waals surface area (Å²) in [7, 11) is 0. The Balaban J connectivity index is 0.000000396.